The molecule has 0 bridgehead atoms. The first-order chi connectivity index (χ1) is 17.5. The summed E-state index contributed by atoms with van der Waals surface area (Å²) in [6.07, 6.45) is 3.86. The number of benzene rings is 1. The van der Waals surface area contributed by atoms with Crippen molar-refractivity contribution in [3.05, 3.63) is 70.2 Å². The number of ether oxygens (including phenoxy) is 1. The quantitative estimate of drug-likeness (QED) is 0.325. The van der Waals surface area contributed by atoms with E-state index >= 15 is 0 Å². The average molecular weight is 500 g/mol. The van der Waals surface area contributed by atoms with Crippen LogP contribution in [0.1, 0.15) is 66.8 Å². The third-order valence-corrected chi connectivity index (χ3v) is 7.05. The monoisotopic (exact) mass is 499 g/mol. The van der Waals surface area contributed by atoms with Gasteiger partial charge in [-0.05, 0) is 70.9 Å². The minimum Gasteiger partial charge on any atom is -0.486 e. The summed E-state index contributed by atoms with van der Waals surface area (Å²) >= 11 is 0. The van der Waals surface area contributed by atoms with Crippen molar-refractivity contribution >= 4 is 17.2 Å². The molecule has 1 saturated heterocycles. The fourth-order valence-electron chi connectivity index (χ4n) is 4.93. The van der Waals surface area contributed by atoms with Gasteiger partial charge in [0, 0.05) is 47.6 Å². The van der Waals surface area contributed by atoms with Crippen molar-refractivity contribution in [1.82, 2.24) is 15.2 Å². The number of rotatable bonds is 7. The minimum atomic E-state index is -0.795. The molecule has 4 N–H and O–H groups in total. The van der Waals surface area contributed by atoms with Gasteiger partial charge in [-0.15, -0.1) is 0 Å². The second-order valence-corrected chi connectivity index (χ2v) is 10.2. The van der Waals surface area contributed by atoms with Gasteiger partial charge in [0.1, 0.15) is 23.7 Å². The van der Waals surface area contributed by atoms with E-state index in [1.54, 1.807) is 36.7 Å². The van der Waals surface area contributed by atoms with Crippen molar-refractivity contribution < 1.29 is 9.84 Å². The summed E-state index contributed by atoms with van der Waals surface area (Å²) in [7, 11) is 0. The van der Waals surface area contributed by atoms with Crippen molar-refractivity contribution in [3.63, 3.8) is 0 Å². The number of aryl methyl sites for hydroxylation is 2. The van der Waals surface area contributed by atoms with Gasteiger partial charge < -0.3 is 20.5 Å². The Hall–Kier alpha value is -4.03. The highest BCUT2D eigenvalue weighted by molar-refractivity contribution is 6.14. The Morgan fingerprint density at radius 2 is 2.05 bits per heavy atom. The highest BCUT2D eigenvalue weighted by Crippen LogP contribution is 2.32. The Morgan fingerprint density at radius 3 is 2.70 bits per heavy atom. The van der Waals surface area contributed by atoms with Gasteiger partial charge in [-0.1, -0.05) is 0 Å². The molecule has 37 heavy (non-hydrogen) atoms. The number of nitrogens with two attached hydrogens (primary N) is 1. The molecule has 0 radical (unpaired) electrons. The van der Waals surface area contributed by atoms with Gasteiger partial charge in [0.25, 0.3) is 0 Å². The predicted octanol–water partition coefficient (Wildman–Crippen LogP) is 4.10. The highest BCUT2D eigenvalue weighted by atomic mass is 16.5. The van der Waals surface area contributed by atoms with Gasteiger partial charge in [-0.3, -0.25) is 5.41 Å². The summed E-state index contributed by atoms with van der Waals surface area (Å²) in [4.78, 5) is 6.57. The lowest BCUT2D eigenvalue weighted by molar-refractivity contribution is 0.0263. The van der Waals surface area contributed by atoms with E-state index in [0.29, 0.717) is 47.0 Å². The van der Waals surface area contributed by atoms with Crippen LogP contribution >= 0.6 is 0 Å². The molecule has 1 aliphatic rings. The molecule has 2 aromatic heterocycles. The number of anilines is 2. The molecule has 9 heteroatoms. The summed E-state index contributed by atoms with van der Waals surface area (Å²) in [5, 5.41) is 37.2. The Labute approximate surface area is 217 Å². The first-order valence-corrected chi connectivity index (χ1v) is 12.3. The molecular formula is C28H33N7O2. The summed E-state index contributed by atoms with van der Waals surface area (Å²) in [6, 6.07) is 9.12. The van der Waals surface area contributed by atoms with Crippen LogP contribution in [-0.2, 0) is 0 Å². The number of nitrogen functional groups attached to an aromatic ring is 1. The topological polar surface area (TPSA) is 145 Å². The molecule has 4 rings (SSSR count). The zero-order valence-electron chi connectivity index (χ0n) is 21.9. The number of pyridine rings is 1. The molecule has 0 unspecified atom stereocenters. The third kappa shape index (κ3) is 5.39. The number of aliphatic hydroxyl groups is 1. The van der Waals surface area contributed by atoms with Crippen LogP contribution in [-0.4, -0.2) is 44.7 Å². The fraction of sp³-hybridized carbons (Fsp3) is 0.393. The predicted molar refractivity (Wildman–Crippen MR) is 143 cm³/mol. The average Bonchev–Trinajstić information content (AvgIpc) is 3.35. The zero-order valence-corrected chi connectivity index (χ0v) is 21.9. The normalized spacial score (nSPS) is 16.4. The van der Waals surface area contributed by atoms with Crippen molar-refractivity contribution in [2.45, 2.75) is 52.7 Å². The molecule has 0 saturated carbocycles. The van der Waals surface area contributed by atoms with E-state index < -0.39 is 5.60 Å². The lowest BCUT2D eigenvalue weighted by Crippen LogP contribution is -2.33. The van der Waals surface area contributed by atoms with E-state index in [9.17, 15) is 10.4 Å². The number of nitrogens with one attached hydrogen (secondary N) is 1. The molecule has 3 heterocycles. The first kappa shape index (κ1) is 26.0. The molecular weight excluding hydrogens is 466 g/mol. The molecule has 1 aromatic carbocycles. The smallest absolute Gasteiger partial charge is 0.146 e. The van der Waals surface area contributed by atoms with Crippen molar-refractivity contribution in [2.75, 3.05) is 23.7 Å². The fourth-order valence-corrected chi connectivity index (χ4v) is 4.93. The van der Waals surface area contributed by atoms with Gasteiger partial charge in [0.2, 0.25) is 0 Å². The number of hydrogen-bond donors (Lipinski definition) is 3. The maximum Gasteiger partial charge on any atom is 0.146 e. The highest BCUT2D eigenvalue weighted by Gasteiger charge is 2.34. The molecule has 192 valence electrons. The van der Waals surface area contributed by atoms with Crippen molar-refractivity contribution in [1.29, 1.82) is 10.7 Å². The van der Waals surface area contributed by atoms with Crippen LogP contribution in [0.2, 0.25) is 0 Å². The van der Waals surface area contributed by atoms with Gasteiger partial charge in [0.15, 0.2) is 0 Å². The van der Waals surface area contributed by atoms with Gasteiger partial charge in [0.05, 0.1) is 28.8 Å². The van der Waals surface area contributed by atoms with E-state index in [-0.39, 0.29) is 17.7 Å². The van der Waals surface area contributed by atoms with Crippen molar-refractivity contribution in [2.24, 2.45) is 5.92 Å². The Bertz CT molecular complexity index is 1350. The number of hydrogen-bond acceptors (Lipinski definition) is 9. The van der Waals surface area contributed by atoms with Crippen molar-refractivity contribution in [3.8, 4) is 11.8 Å². The molecule has 3 aromatic rings. The van der Waals surface area contributed by atoms with Crippen LogP contribution in [0.3, 0.4) is 0 Å². The summed E-state index contributed by atoms with van der Waals surface area (Å²) < 4.78 is 6.20. The Morgan fingerprint density at radius 1 is 1.30 bits per heavy atom. The molecule has 0 amide bonds. The molecule has 1 fully saturated rings. The standard InChI is InChI=1S/C28H33N7O2/c1-16-13-33-34-17(2)25(16)18(3)37-22-6-7-24(30)23(11-22)26(31)20-10-19(12-29)27(32-14-20)35-9-8-21(15-35)28(4,5)36/h6-7,10-11,13-14,18,21,31,36H,8-9,15,30H2,1-5H3/t18-,21+/m1/s1. The number of nitrogens with zero attached hydrogens (tertiary/aromatic N) is 5. The van der Waals surface area contributed by atoms with Crippen LogP contribution in [0.15, 0.2) is 36.7 Å². The first-order valence-electron chi connectivity index (χ1n) is 12.3. The Balaban J connectivity index is 1.58. The summed E-state index contributed by atoms with van der Waals surface area (Å²) in [5.41, 5.74) is 10.2. The number of nitriles is 1. The second-order valence-electron chi connectivity index (χ2n) is 10.2. The van der Waals surface area contributed by atoms with E-state index in [1.807, 2.05) is 39.5 Å². The number of aromatic nitrogens is 3. The molecule has 1 aliphatic heterocycles. The maximum atomic E-state index is 10.4. The van der Waals surface area contributed by atoms with Crippen LogP contribution in [0.5, 0.6) is 5.75 Å². The second kappa shape index (κ2) is 10.1. The van der Waals surface area contributed by atoms with Gasteiger partial charge in [-0.2, -0.15) is 15.5 Å². The zero-order chi connectivity index (χ0) is 26.9. The molecule has 0 spiro atoms. The maximum absolute atomic E-state index is 10.4. The van der Waals surface area contributed by atoms with E-state index in [0.717, 1.165) is 23.2 Å². The molecule has 9 nitrogen and oxygen atoms in total. The van der Waals surface area contributed by atoms with Gasteiger partial charge in [-0.25, -0.2) is 4.98 Å². The molecule has 2 atom stereocenters. The summed E-state index contributed by atoms with van der Waals surface area (Å²) in [6.45, 7) is 10.8. The Kier molecular flexibility index (Phi) is 7.14. The summed E-state index contributed by atoms with van der Waals surface area (Å²) in [5.74, 6) is 1.23. The van der Waals surface area contributed by atoms with Crippen LogP contribution in [0.4, 0.5) is 11.5 Å². The van der Waals surface area contributed by atoms with E-state index in [4.69, 9.17) is 15.9 Å². The van der Waals surface area contributed by atoms with Crippen LogP contribution < -0.4 is 15.4 Å². The lowest BCUT2D eigenvalue weighted by Gasteiger charge is -2.26. The third-order valence-electron chi connectivity index (χ3n) is 7.05. The van der Waals surface area contributed by atoms with E-state index in [1.165, 1.54) is 0 Å². The van der Waals surface area contributed by atoms with Crippen LogP contribution in [0.25, 0.3) is 0 Å². The largest absolute Gasteiger partial charge is 0.486 e. The van der Waals surface area contributed by atoms with Gasteiger partial charge >= 0.3 is 0 Å². The lowest BCUT2D eigenvalue weighted by atomic mass is 9.90. The van der Waals surface area contributed by atoms with Crippen LogP contribution in [0, 0.1) is 36.5 Å². The SMILES string of the molecule is Cc1cnnc(C)c1[C@@H](C)Oc1ccc(N)c(C(=N)c2cnc(N3CC[C@H](C(C)(C)O)C3)c(C#N)c2)c1. The molecule has 0 aliphatic carbocycles. The van der Waals surface area contributed by atoms with E-state index in [2.05, 4.69) is 21.3 Å². The minimum absolute atomic E-state index is 0.0965.